The summed E-state index contributed by atoms with van der Waals surface area (Å²) < 4.78 is 5.57. The minimum absolute atomic E-state index is 0.0245. The number of hydrogen-bond donors (Lipinski definition) is 1. The maximum atomic E-state index is 12.9. The van der Waals surface area contributed by atoms with Crippen LogP contribution in [0.5, 0.6) is 0 Å². The zero-order valence-electron chi connectivity index (χ0n) is 15.9. The normalized spacial score (nSPS) is 11.2. The van der Waals surface area contributed by atoms with Crippen LogP contribution in [0, 0.1) is 11.8 Å². The molecule has 1 N–H and O–H groups in total. The van der Waals surface area contributed by atoms with Crippen molar-refractivity contribution in [3.05, 3.63) is 53.5 Å². The molecular formula is C21H25NO3S. The van der Waals surface area contributed by atoms with Gasteiger partial charge in [0.25, 0.3) is 5.91 Å². The molecule has 0 aliphatic rings. The second kappa shape index (κ2) is 8.48. The summed E-state index contributed by atoms with van der Waals surface area (Å²) in [4.78, 5) is 15.8. The lowest BCUT2D eigenvalue weighted by Gasteiger charge is -2.26. The third-order valence-electron chi connectivity index (χ3n) is 3.68. The van der Waals surface area contributed by atoms with Gasteiger partial charge in [-0.15, -0.1) is 11.8 Å². The van der Waals surface area contributed by atoms with Crippen LogP contribution in [-0.2, 0) is 6.54 Å². The Balaban J connectivity index is 2.20. The molecule has 1 amide bonds. The highest BCUT2D eigenvalue weighted by Gasteiger charge is 2.22. The molecule has 0 aliphatic carbocycles. The molecule has 1 heterocycles. The molecule has 0 saturated carbocycles. The number of nitrogens with zero attached hydrogens (tertiary/aromatic N) is 1. The van der Waals surface area contributed by atoms with Crippen LogP contribution < -0.4 is 0 Å². The molecule has 2 rings (SSSR count). The first-order chi connectivity index (χ1) is 12.2. The van der Waals surface area contributed by atoms with Crippen LogP contribution in [0.1, 0.15) is 49.6 Å². The summed E-state index contributed by atoms with van der Waals surface area (Å²) in [5, 5.41) is 9.67. The van der Waals surface area contributed by atoms with E-state index in [4.69, 9.17) is 4.42 Å². The fourth-order valence-electron chi connectivity index (χ4n) is 2.33. The van der Waals surface area contributed by atoms with Gasteiger partial charge in [-0.1, -0.05) is 18.1 Å². The molecule has 138 valence electrons. The van der Waals surface area contributed by atoms with Gasteiger partial charge in [0.15, 0.2) is 11.5 Å². The highest BCUT2D eigenvalue weighted by atomic mass is 32.2. The summed E-state index contributed by atoms with van der Waals surface area (Å²) in [6, 6.07) is 11.5. The number of aliphatic hydroxyl groups is 1. The molecule has 0 atom stereocenters. The van der Waals surface area contributed by atoms with E-state index in [9.17, 15) is 9.90 Å². The van der Waals surface area contributed by atoms with Gasteiger partial charge in [-0.2, -0.15) is 0 Å². The first-order valence-corrected chi connectivity index (χ1v) is 9.71. The van der Waals surface area contributed by atoms with Gasteiger partial charge in [-0.3, -0.25) is 4.79 Å². The van der Waals surface area contributed by atoms with E-state index >= 15 is 0 Å². The van der Waals surface area contributed by atoms with E-state index in [0.29, 0.717) is 12.3 Å². The molecule has 0 spiro atoms. The van der Waals surface area contributed by atoms with Gasteiger partial charge in [-0.25, -0.2) is 0 Å². The van der Waals surface area contributed by atoms with Gasteiger partial charge in [0.05, 0.1) is 0 Å². The van der Waals surface area contributed by atoms with E-state index in [1.54, 1.807) is 42.6 Å². The van der Waals surface area contributed by atoms with E-state index in [1.165, 1.54) is 4.90 Å². The van der Waals surface area contributed by atoms with Gasteiger partial charge in [-0.05, 0) is 69.7 Å². The van der Waals surface area contributed by atoms with E-state index < -0.39 is 5.60 Å². The molecule has 1 aromatic carbocycles. The molecule has 26 heavy (non-hydrogen) atoms. The molecule has 0 bridgehead atoms. The molecule has 0 saturated heterocycles. The van der Waals surface area contributed by atoms with Crippen molar-refractivity contribution in [1.29, 1.82) is 0 Å². The number of rotatable bonds is 5. The molecule has 0 unspecified atom stereocenters. The highest BCUT2D eigenvalue weighted by Crippen LogP contribution is 2.20. The molecule has 1 aromatic heterocycles. The Kier molecular flexibility index (Phi) is 6.57. The molecule has 2 aromatic rings. The van der Waals surface area contributed by atoms with E-state index in [1.807, 2.05) is 32.2 Å². The fraction of sp³-hybridized carbons (Fsp3) is 0.381. The second-order valence-corrected chi connectivity index (χ2v) is 7.73. The Hall–Kier alpha value is -2.16. The predicted molar refractivity (Wildman–Crippen MR) is 105 cm³/mol. The maximum absolute atomic E-state index is 12.9. The van der Waals surface area contributed by atoms with Crippen molar-refractivity contribution in [1.82, 2.24) is 4.90 Å². The van der Waals surface area contributed by atoms with Gasteiger partial charge in [0.1, 0.15) is 5.60 Å². The molecule has 4 nitrogen and oxygen atoms in total. The van der Waals surface area contributed by atoms with Crippen LogP contribution in [0.4, 0.5) is 0 Å². The second-order valence-electron chi connectivity index (χ2n) is 6.85. The van der Waals surface area contributed by atoms with Crippen LogP contribution in [0.25, 0.3) is 0 Å². The topological polar surface area (TPSA) is 53.7 Å². The SMILES string of the molecule is CSc1cccc(CN(C(=O)c2ccc(C#CC(C)(C)O)o2)C(C)C)c1. The van der Waals surface area contributed by atoms with Crippen molar-refractivity contribution in [2.75, 3.05) is 6.26 Å². The average Bonchev–Trinajstić information content (AvgIpc) is 3.06. The number of hydrogen-bond acceptors (Lipinski definition) is 4. The van der Waals surface area contributed by atoms with E-state index in [0.717, 1.165) is 5.56 Å². The Morgan fingerprint density at radius 3 is 2.65 bits per heavy atom. The lowest BCUT2D eigenvalue weighted by Crippen LogP contribution is -2.36. The number of benzene rings is 1. The Labute approximate surface area is 159 Å². The summed E-state index contributed by atoms with van der Waals surface area (Å²) in [6.45, 7) is 7.66. The summed E-state index contributed by atoms with van der Waals surface area (Å²) >= 11 is 1.68. The third-order valence-corrected chi connectivity index (χ3v) is 4.40. The van der Waals surface area contributed by atoms with Crippen molar-refractivity contribution in [3.8, 4) is 11.8 Å². The van der Waals surface area contributed by atoms with Crippen molar-refractivity contribution in [2.45, 2.75) is 50.8 Å². The van der Waals surface area contributed by atoms with Crippen molar-refractivity contribution in [3.63, 3.8) is 0 Å². The quantitative estimate of drug-likeness (QED) is 0.633. The summed E-state index contributed by atoms with van der Waals surface area (Å²) in [6.07, 6.45) is 2.03. The average molecular weight is 372 g/mol. The number of amides is 1. The zero-order chi connectivity index (χ0) is 19.3. The van der Waals surface area contributed by atoms with Crippen LogP contribution in [-0.4, -0.2) is 33.8 Å². The van der Waals surface area contributed by atoms with Crippen molar-refractivity contribution in [2.24, 2.45) is 0 Å². The molecule has 0 fully saturated rings. The first-order valence-electron chi connectivity index (χ1n) is 8.49. The van der Waals surface area contributed by atoms with Crippen molar-refractivity contribution < 1.29 is 14.3 Å². The number of carbonyl (C=O) groups is 1. The predicted octanol–water partition coefficient (Wildman–Crippen LogP) is 4.17. The third kappa shape index (κ3) is 5.69. The highest BCUT2D eigenvalue weighted by molar-refractivity contribution is 7.98. The molecule has 0 radical (unpaired) electrons. The van der Waals surface area contributed by atoms with E-state index in [2.05, 4.69) is 24.0 Å². The van der Waals surface area contributed by atoms with Gasteiger partial charge in [0.2, 0.25) is 0 Å². The minimum Gasteiger partial charge on any atom is -0.443 e. The summed E-state index contributed by atoms with van der Waals surface area (Å²) in [5.74, 6) is 5.87. The van der Waals surface area contributed by atoms with Crippen molar-refractivity contribution >= 4 is 17.7 Å². The minimum atomic E-state index is -1.11. The molecule has 5 heteroatoms. The van der Waals surface area contributed by atoms with Crippen LogP contribution in [0.3, 0.4) is 0 Å². The summed E-state index contributed by atoms with van der Waals surface area (Å²) in [5.41, 5.74) is -0.0315. The Morgan fingerprint density at radius 1 is 1.31 bits per heavy atom. The largest absolute Gasteiger partial charge is 0.443 e. The first kappa shape index (κ1) is 20.2. The number of carbonyl (C=O) groups excluding carboxylic acids is 1. The Morgan fingerprint density at radius 2 is 2.04 bits per heavy atom. The monoisotopic (exact) mass is 371 g/mol. The van der Waals surface area contributed by atoms with Crippen LogP contribution >= 0.6 is 11.8 Å². The smallest absolute Gasteiger partial charge is 0.290 e. The molecular weight excluding hydrogens is 346 g/mol. The number of thioether (sulfide) groups is 1. The lowest BCUT2D eigenvalue weighted by molar-refractivity contribution is 0.0657. The van der Waals surface area contributed by atoms with E-state index in [-0.39, 0.29) is 17.7 Å². The zero-order valence-corrected chi connectivity index (χ0v) is 16.7. The van der Waals surface area contributed by atoms with Gasteiger partial charge >= 0.3 is 0 Å². The molecule has 0 aliphatic heterocycles. The van der Waals surface area contributed by atoms with Gasteiger partial charge in [0, 0.05) is 17.5 Å². The van der Waals surface area contributed by atoms with Crippen LogP contribution in [0.15, 0.2) is 45.7 Å². The Bertz CT molecular complexity index is 822. The standard InChI is InChI=1S/C21H25NO3S/c1-15(2)22(14-16-7-6-8-18(13-16)26-5)20(23)19-10-9-17(25-19)11-12-21(3,4)24/h6-10,13,15,24H,14H2,1-5H3. The van der Waals surface area contributed by atoms with Crippen LogP contribution in [0.2, 0.25) is 0 Å². The lowest BCUT2D eigenvalue weighted by atomic mass is 10.1. The summed E-state index contributed by atoms with van der Waals surface area (Å²) in [7, 11) is 0. The maximum Gasteiger partial charge on any atom is 0.290 e. The number of furan rings is 1. The fourth-order valence-corrected chi connectivity index (χ4v) is 2.82. The van der Waals surface area contributed by atoms with Gasteiger partial charge < -0.3 is 14.4 Å².